The fourth-order valence-electron chi connectivity index (χ4n) is 6.93. The van der Waals surface area contributed by atoms with E-state index in [1.165, 1.54) is 44.4 Å². The van der Waals surface area contributed by atoms with Gasteiger partial charge >= 0.3 is 0 Å². The van der Waals surface area contributed by atoms with Gasteiger partial charge in [-0.1, -0.05) is 97.1 Å². The summed E-state index contributed by atoms with van der Waals surface area (Å²) in [5.74, 6) is 0. The lowest BCUT2D eigenvalue weighted by molar-refractivity contribution is 0.803. The SMILES string of the molecule is C1=Cc2c(n(-c3ccc(-c4cc(-c5cc(-c6ccccc6)cc(-c6ccccc6)c5)cc(-c5ccccn5)n4)cc3)c3ccccc23)CN1. The van der Waals surface area contributed by atoms with Crippen LogP contribution in [-0.2, 0) is 6.54 Å². The summed E-state index contributed by atoms with van der Waals surface area (Å²) in [6.07, 6.45) is 6.04. The summed E-state index contributed by atoms with van der Waals surface area (Å²) >= 11 is 0. The first-order valence-electron chi connectivity index (χ1n) is 16.6. The highest BCUT2D eigenvalue weighted by atomic mass is 15.0. The molecule has 0 unspecified atom stereocenters. The molecule has 4 heterocycles. The Morgan fingerprint density at radius 3 is 1.80 bits per heavy atom. The Morgan fingerprint density at radius 2 is 1.10 bits per heavy atom. The number of fused-ring (bicyclic) bond motifs is 3. The third kappa shape index (κ3) is 5.39. The quantitative estimate of drug-likeness (QED) is 0.199. The van der Waals surface area contributed by atoms with E-state index in [0.29, 0.717) is 0 Å². The molecule has 0 saturated carbocycles. The minimum Gasteiger partial charge on any atom is -0.385 e. The van der Waals surface area contributed by atoms with Crippen molar-refractivity contribution >= 4 is 17.0 Å². The van der Waals surface area contributed by atoms with Crippen molar-refractivity contribution in [1.82, 2.24) is 19.9 Å². The summed E-state index contributed by atoms with van der Waals surface area (Å²) < 4.78 is 2.37. The number of hydrogen-bond acceptors (Lipinski definition) is 3. The molecule has 0 atom stereocenters. The van der Waals surface area contributed by atoms with Crippen molar-refractivity contribution in [2.45, 2.75) is 6.54 Å². The van der Waals surface area contributed by atoms with Gasteiger partial charge < -0.3 is 9.88 Å². The molecule has 3 aromatic heterocycles. The summed E-state index contributed by atoms with van der Waals surface area (Å²) in [5.41, 5.74) is 15.4. The third-order valence-electron chi connectivity index (χ3n) is 9.31. The second-order valence-electron chi connectivity index (χ2n) is 12.3. The van der Waals surface area contributed by atoms with Gasteiger partial charge in [-0.2, -0.15) is 0 Å². The second-order valence-corrected chi connectivity index (χ2v) is 12.3. The van der Waals surface area contributed by atoms with Crippen LogP contribution in [0.15, 0.2) is 170 Å². The molecule has 0 fully saturated rings. The van der Waals surface area contributed by atoms with Gasteiger partial charge in [0.25, 0.3) is 0 Å². The average molecular weight is 629 g/mol. The smallest absolute Gasteiger partial charge is 0.0899 e. The van der Waals surface area contributed by atoms with E-state index in [9.17, 15) is 0 Å². The summed E-state index contributed by atoms with van der Waals surface area (Å²) in [7, 11) is 0. The van der Waals surface area contributed by atoms with Crippen LogP contribution in [0, 0.1) is 0 Å². The minimum atomic E-state index is 0.784. The van der Waals surface area contributed by atoms with Crippen molar-refractivity contribution in [3.05, 3.63) is 181 Å². The van der Waals surface area contributed by atoms with Crippen LogP contribution in [0.4, 0.5) is 0 Å². The minimum absolute atomic E-state index is 0.784. The van der Waals surface area contributed by atoms with Crippen LogP contribution in [0.3, 0.4) is 0 Å². The normalized spacial score (nSPS) is 12.1. The van der Waals surface area contributed by atoms with Crippen molar-refractivity contribution in [1.29, 1.82) is 0 Å². The van der Waals surface area contributed by atoms with Gasteiger partial charge in [-0.3, -0.25) is 4.98 Å². The molecule has 8 aromatic rings. The lowest BCUT2D eigenvalue weighted by Gasteiger charge is -2.15. The number of aromatic nitrogens is 3. The molecule has 4 heteroatoms. The number of benzene rings is 5. The topological polar surface area (TPSA) is 42.7 Å². The first-order valence-corrected chi connectivity index (χ1v) is 16.6. The van der Waals surface area contributed by atoms with Crippen LogP contribution in [0.25, 0.3) is 78.7 Å². The van der Waals surface area contributed by atoms with Crippen LogP contribution >= 0.6 is 0 Å². The van der Waals surface area contributed by atoms with Crippen LogP contribution in [0.2, 0.25) is 0 Å². The molecule has 49 heavy (non-hydrogen) atoms. The largest absolute Gasteiger partial charge is 0.385 e. The molecule has 232 valence electrons. The Morgan fingerprint density at radius 1 is 0.490 bits per heavy atom. The van der Waals surface area contributed by atoms with Gasteiger partial charge in [0.1, 0.15) is 0 Å². The van der Waals surface area contributed by atoms with Crippen LogP contribution in [0.1, 0.15) is 11.3 Å². The van der Waals surface area contributed by atoms with E-state index in [-0.39, 0.29) is 0 Å². The number of nitrogens with one attached hydrogen (secondary N) is 1. The summed E-state index contributed by atoms with van der Waals surface area (Å²) in [5, 5.41) is 4.67. The highest BCUT2D eigenvalue weighted by molar-refractivity contribution is 5.93. The lowest BCUT2D eigenvalue weighted by Crippen LogP contribution is -2.13. The maximum absolute atomic E-state index is 5.18. The van der Waals surface area contributed by atoms with E-state index in [2.05, 4.69) is 160 Å². The Hall–Kier alpha value is -6.52. The fourth-order valence-corrected chi connectivity index (χ4v) is 6.93. The highest BCUT2D eigenvalue weighted by Gasteiger charge is 2.19. The molecule has 1 aliphatic heterocycles. The molecule has 4 nitrogen and oxygen atoms in total. The molecule has 0 amide bonds. The van der Waals surface area contributed by atoms with E-state index in [1.54, 1.807) is 0 Å². The Balaban J connectivity index is 1.19. The molecule has 9 rings (SSSR count). The zero-order valence-corrected chi connectivity index (χ0v) is 26.8. The molecule has 5 aromatic carbocycles. The Bertz CT molecular complexity index is 2400. The number of para-hydroxylation sites is 1. The first kappa shape index (κ1) is 28.7. The molecule has 1 aliphatic rings. The number of hydrogen-bond donors (Lipinski definition) is 1. The molecule has 1 N–H and O–H groups in total. The predicted molar refractivity (Wildman–Crippen MR) is 202 cm³/mol. The van der Waals surface area contributed by atoms with Gasteiger partial charge in [0.05, 0.1) is 34.8 Å². The Kier molecular flexibility index (Phi) is 7.17. The zero-order valence-electron chi connectivity index (χ0n) is 26.8. The van der Waals surface area contributed by atoms with Crippen molar-refractivity contribution in [2.24, 2.45) is 0 Å². The van der Waals surface area contributed by atoms with Gasteiger partial charge in [-0.05, 0) is 106 Å². The summed E-state index contributed by atoms with van der Waals surface area (Å²) in [6.45, 7) is 0.784. The maximum atomic E-state index is 5.18. The second kappa shape index (κ2) is 12.3. The first-order chi connectivity index (χ1) is 24.3. The molecular formula is C45H32N4. The van der Waals surface area contributed by atoms with E-state index in [0.717, 1.165) is 46.0 Å². The van der Waals surface area contributed by atoms with Crippen molar-refractivity contribution in [3.8, 4) is 61.7 Å². The van der Waals surface area contributed by atoms with Gasteiger partial charge in [-0.15, -0.1) is 0 Å². The number of nitrogens with zero attached hydrogens (tertiary/aromatic N) is 3. The zero-order chi connectivity index (χ0) is 32.6. The van der Waals surface area contributed by atoms with E-state index in [4.69, 9.17) is 4.98 Å². The number of rotatable bonds is 6. The molecule has 0 bridgehead atoms. The number of pyridine rings is 2. The Labute approximate surface area is 285 Å². The lowest BCUT2D eigenvalue weighted by atomic mass is 9.92. The molecule has 0 aliphatic carbocycles. The predicted octanol–water partition coefficient (Wildman–Crippen LogP) is 10.8. The summed E-state index contributed by atoms with van der Waals surface area (Å²) in [4.78, 5) is 9.87. The fraction of sp³-hybridized carbons (Fsp3) is 0.0222. The monoisotopic (exact) mass is 628 g/mol. The van der Waals surface area contributed by atoms with Crippen LogP contribution in [0.5, 0.6) is 0 Å². The van der Waals surface area contributed by atoms with Crippen LogP contribution < -0.4 is 5.32 Å². The maximum Gasteiger partial charge on any atom is 0.0899 e. The van der Waals surface area contributed by atoms with E-state index < -0.39 is 0 Å². The van der Waals surface area contributed by atoms with Gasteiger partial charge in [0.15, 0.2) is 0 Å². The average Bonchev–Trinajstić information content (AvgIpc) is 3.53. The molecule has 0 spiro atoms. The van der Waals surface area contributed by atoms with Crippen molar-refractivity contribution in [3.63, 3.8) is 0 Å². The standard InChI is InChI=1S/C45H32N4/c1-3-11-31(12-4-1)34-25-35(32-13-5-2-6-14-32)27-36(26-34)37-28-42(48-43(29-37)41-16-9-10-23-47-41)33-18-20-38(21-19-33)49-44-17-8-7-15-39(44)40-22-24-46-30-45(40)49/h1-29,46H,30H2. The van der Waals surface area contributed by atoms with Gasteiger partial charge in [0.2, 0.25) is 0 Å². The highest BCUT2D eigenvalue weighted by Crippen LogP contribution is 2.37. The third-order valence-corrected chi connectivity index (χ3v) is 9.31. The summed E-state index contributed by atoms with van der Waals surface area (Å²) in [6, 6.07) is 55.8. The molecular weight excluding hydrogens is 597 g/mol. The van der Waals surface area contributed by atoms with Crippen LogP contribution in [-0.4, -0.2) is 14.5 Å². The van der Waals surface area contributed by atoms with Crippen molar-refractivity contribution < 1.29 is 0 Å². The van der Waals surface area contributed by atoms with E-state index in [1.807, 2.05) is 30.6 Å². The van der Waals surface area contributed by atoms with Gasteiger partial charge in [-0.25, -0.2) is 4.98 Å². The van der Waals surface area contributed by atoms with E-state index >= 15 is 0 Å². The molecule has 0 saturated heterocycles. The van der Waals surface area contributed by atoms with Crippen molar-refractivity contribution in [2.75, 3.05) is 0 Å². The van der Waals surface area contributed by atoms with Gasteiger partial charge in [0, 0.05) is 28.4 Å². The molecule has 0 radical (unpaired) electrons.